The first kappa shape index (κ1) is 43.5. The molecule has 0 radical (unpaired) electrons. The first-order valence-electron chi connectivity index (χ1n) is 19.5. The molecule has 4 heterocycles. The Labute approximate surface area is 380 Å². The lowest BCUT2D eigenvalue weighted by molar-refractivity contribution is -0.143. The van der Waals surface area contributed by atoms with Gasteiger partial charge in [0.2, 0.25) is 11.8 Å². The summed E-state index contributed by atoms with van der Waals surface area (Å²) in [6.07, 6.45) is 1.04. The van der Waals surface area contributed by atoms with Crippen LogP contribution in [-0.2, 0) is 9.53 Å². The molecule has 8 rings (SSSR count). The molecule has 4 aromatic carbocycles. The number of pyridine rings is 2. The van der Waals surface area contributed by atoms with Crippen LogP contribution in [0.4, 0.5) is 31.5 Å². The average molecular weight is 935 g/mol. The van der Waals surface area contributed by atoms with Crippen LogP contribution in [0.1, 0.15) is 34.1 Å². The summed E-state index contributed by atoms with van der Waals surface area (Å²) in [6, 6.07) is 25.4. The van der Waals surface area contributed by atoms with Gasteiger partial charge in [-0.05, 0) is 67.6 Å². The van der Waals surface area contributed by atoms with E-state index in [0.29, 0.717) is 32.8 Å². The van der Waals surface area contributed by atoms with E-state index in [1.54, 1.807) is 55.5 Å². The standard InChI is InChI=1S/C45H34Cl4F2N6O6/c1-2-61-41(58)23-40(54-15-17-56(36-9-5-3-7-34(36)54)44(59)30-21-28(50)24-52-42(30)62-38-19-26(46)11-13-32(38)48)55-16-18-57(37-10-6-4-8-35(37)55)45(60)31-22-29(51)25-53-43(31)63-39-20-27(47)12-14-33(39)49/h3-14,19-22,24-25,40H,2,15-18,23H2,1H3. The summed E-state index contributed by atoms with van der Waals surface area (Å²) in [7, 11) is 0. The lowest BCUT2D eigenvalue weighted by Crippen LogP contribution is -2.58. The predicted octanol–water partition coefficient (Wildman–Crippen LogP) is 10.9. The molecule has 0 saturated carbocycles. The van der Waals surface area contributed by atoms with Gasteiger partial charge in [-0.15, -0.1) is 0 Å². The summed E-state index contributed by atoms with van der Waals surface area (Å²) in [4.78, 5) is 57.5. The van der Waals surface area contributed by atoms with Crippen molar-refractivity contribution < 1.29 is 37.4 Å². The number of para-hydroxylation sites is 4. The van der Waals surface area contributed by atoms with Crippen LogP contribution < -0.4 is 29.1 Å². The highest BCUT2D eigenvalue weighted by Gasteiger charge is 2.40. The number of fused-ring (bicyclic) bond motifs is 2. The van der Waals surface area contributed by atoms with Gasteiger partial charge in [0, 0.05) is 48.4 Å². The fraction of sp³-hybridized carbons (Fsp3) is 0.178. The first-order valence-corrected chi connectivity index (χ1v) is 21.0. The highest BCUT2D eigenvalue weighted by molar-refractivity contribution is 6.34. The van der Waals surface area contributed by atoms with Crippen LogP contribution in [0.2, 0.25) is 20.1 Å². The maximum absolute atomic E-state index is 14.8. The number of hydrogen-bond donors (Lipinski definition) is 0. The van der Waals surface area contributed by atoms with Crippen molar-refractivity contribution in [3.05, 3.63) is 152 Å². The molecule has 0 bridgehead atoms. The van der Waals surface area contributed by atoms with Crippen molar-refractivity contribution in [1.82, 2.24) is 9.97 Å². The summed E-state index contributed by atoms with van der Waals surface area (Å²) in [5.74, 6) is -3.33. The number of anilines is 4. The molecule has 0 fully saturated rings. The number of amides is 2. The van der Waals surface area contributed by atoms with E-state index in [9.17, 15) is 23.2 Å². The third-order valence-corrected chi connectivity index (χ3v) is 11.3. The van der Waals surface area contributed by atoms with Crippen molar-refractivity contribution in [2.24, 2.45) is 0 Å². The van der Waals surface area contributed by atoms with Gasteiger partial charge >= 0.3 is 5.97 Å². The van der Waals surface area contributed by atoms with Crippen LogP contribution in [0, 0.1) is 11.6 Å². The lowest BCUT2D eigenvalue weighted by Gasteiger charge is -2.49. The highest BCUT2D eigenvalue weighted by Crippen LogP contribution is 2.43. The van der Waals surface area contributed by atoms with Gasteiger partial charge in [-0.25, -0.2) is 18.7 Å². The monoisotopic (exact) mass is 932 g/mol. The zero-order valence-electron chi connectivity index (χ0n) is 33.1. The summed E-state index contributed by atoms with van der Waals surface area (Å²) in [6.45, 7) is 2.45. The van der Waals surface area contributed by atoms with Crippen molar-refractivity contribution in [3.63, 3.8) is 0 Å². The minimum absolute atomic E-state index is 0.0924. The topological polar surface area (TPSA) is 118 Å². The number of carbonyl (C=O) groups excluding carboxylic acids is 3. The molecule has 0 N–H and O–H groups in total. The second kappa shape index (κ2) is 18.7. The summed E-state index contributed by atoms with van der Waals surface area (Å²) in [5, 5.41) is 1.05. The van der Waals surface area contributed by atoms with Crippen LogP contribution in [0.15, 0.2) is 109 Å². The zero-order valence-corrected chi connectivity index (χ0v) is 36.1. The molecular formula is C45H34Cl4F2N6O6. The molecule has 2 aliphatic rings. The van der Waals surface area contributed by atoms with Gasteiger partial charge < -0.3 is 33.8 Å². The number of rotatable bonds is 11. The maximum atomic E-state index is 14.8. The van der Waals surface area contributed by atoms with E-state index in [4.69, 9.17) is 60.6 Å². The third-order valence-electron chi connectivity index (χ3n) is 10.3. The SMILES string of the molecule is CCOC(=O)CC(N1CCN(C(=O)c2cc(F)cnc2Oc2cc(Cl)ccc2Cl)c2ccccc21)N1CCN(C(=O)c2cc(F)cnc2Oc2cc(Cl)ccc2Cl)c2ccccc21. The number of benzene rings is 4. The fourth-order valence-corrected chi connectivity index (χ4v) is 8.14. The zero-order chi connectivity index (χ0) is 44.4. The fourth-order valence-electron chi connectivity index (χ4n) is 7.50. The Morgan fingerprint density at radius 2 is 1.05 bits per heavy atom. The Morgan fingerprint density at radius 3 is 1.48 bits per heavy atom. The number of nitrogens with zero attached hydrogens (tertiary/aromatic N) is 6. The maximum Gasteiger partial charge on any atom is 0.309 e. The van der Waals surface area contributed by atoms with E-state index in [0.717, 1.165) is 24.5 Å². The normalized spacial score (nSPS) is 13.4. The number of hydrogen-bond acceptors (Lipinski definition) is 10. The van der Waals surface area contributed by atoms with Crippen molar-refractivity contribution >= 4 is 86.9 Å². The largest absolute Gasteiger partial charge is 0.466 e. The first-order chi connectivity index (χ1) is 30.4. The number of esters is 1. The Kier molecular flexibility index (Phi) is 12.9. The molecule has 2 amide bonds. The Bertz CT molecular complexity index is 2580. The van der Waals surface area contributed by atoms with Gasteiger partial charge in [0.15, 0.2) is 0 Å². The molecule has 2 aromatic heterocycles. The smallest absolute Gasteiger partial charge is 0.309 e. The molecule has 6 aromatic rings. The summed E-state index contributed by atoms with van der Waals surface area (Å²) < 4.78 is 47.0. The van der Waals surface area contributed by atoms with Crippen LogP contribution in [0.5, 0.6) is 23.3 Å². The van der Waals surface area contributed by atoms with E-state index >= 15 is 0 Å². The van der Waals surface area contributed by atoms with E-state index in [-0.39, 0.29) is 83.6 Å². The minimum Gasteiger partial charge on any atom is -0.466 e. The van der Waals surface area contributed by atoms with E-state index in [1.165, 1.54) is 34.1 Å². The Hall–Kier alpha value is -6.19. The second-order valence-corrected chi connectivity index (χ2v) is 15.8. The highest BCUT2D eigenvalue weighted by atomic mass is 35.5. The van der Waals surface area contributed by atoms with Crippen molar-refractivity contribution in [2.75, 3.05) is 52.4 Å². The second-order valence-electron chi connectivity index (χ2n) is 14.1. The molecule has 18 heteroatoms. The quantitative estimate of drug-likeness (QED) is 0.116. The van der Waals surface area contributed by atoms with Crippen LogP contribution in [0.25, 0.3) is 0 Å². The molecule has 0 unspecified atom stereocenters. The van der Waals surface area contributed by atoms with Crippen LogP contribution in [0.3, 0.4) is 0 Å². The minimum atomic E-state index is -0.761. The molecule has 322 valence electrons. The van der Waals surface area contributed by atoms with E-state index < -0.39 is 35.6 Å². The van der Waals surface area contributed by atoms with Gasteiger partial charge in [0.25, 0.3) is 11.8 Å². The molecule has 12 nitrogen and oxygen atoms in total. The molecule has 63 heavy (non-hydrogen) atoms. The van der Waals surface area contributed by atoms with Crippen LogP contribution >= 0.6 is 46.4 Å². The molecule has 0 spiro atoms. The van der Waals surface area contributed by atoms with E-state index in [2.05, 4.69) is 9.97 Å². The van der Waals surface area contributed by atoms with Gasteiger partial charge in [-0.3, -0.25) is 14.4 Å². The Balaban J connectivity index is 1.13. The number of halogens is 6. The number of ether oxygens (including phenoxy) is 3. The van der Waals surface area contributed by atoms with Gasteiger partial charge in [0.05, 0.1) is 58.2 Å². The van der Waals surface area contributed by atoms with Crippen molar-refractivity contribution in [3.8, 4) is 23.3 Å². The van der Waals surface area contributed by atoms with Crippen LogP contribution in [-0.4, -0.2) is 66.7 Å². The average Bonchev–Trinajstić information content (AvgIpc) is 3.28. The van der Waals surface area contributed by atoms with Crippen molar-refractivity contribution in [2.45, 2.75) is 19.5 Å². The van der Waals surface area contributed by atoms with Gasteiger partial charge in [-0.2, -0.15) is 0 Å². The molecule has 0 atom stereocenters. The summed E-state index contributed by atoms with van der Waals surface area (Å²) >= 11 is 25.1. The molecule has 0 saturated heterocycles. The Morgan fingerprint density at radius 1 is 0.619 bits per heavy atom. The van der Waals surface area contributed by atoms with Gasteiger partial charge in [0.1, 0.15) is 40.4 Å². The summed E-state index contributed by atoms with van der Waals surface area (Å²) in [5.41, 5.74) is 1.77. The number of carbonyl (C=O) groups is 3. The van der Waals surface area contributed by atoms with Crippen molar-refractivity contribution in [1.29, 1.82) is 0 Å². The molecule has 2 aliphatic heterocycles. The third kappa shape index (κ3) is 9.16. The predicted molar refractivity (Wildman–Crippen MR) is 237 cm³/mol. The van der Waals surface area contributed by atoms with Gasteiger partial charge in [-0.1, -0.05) is 70.7 Å². The van der Waals surface area contributed by atoms with E-state index in [1.807, 2.05) is 21.9 Å². The molecule has 0 aliphatic carbocycles. The lowest BCUT2D eigenvalue weighted by atomic mass is 10.1. The number of aromatic nitrogens is 2. The molecular weight excluding hydrogens is 900 g/mol.